The van der Waals surface area contributed by atoms with Crippen LogP contribution in [0.15, 0.2) is 82.0 Å². The summed E-state index contributed by atoms with van der Waals surface area (Å²) in [4.78, 5) is 11.8. The van der Waals surface area contributed by atoms with Crippen LogP contribution in [0.5, 0.6) is 0 Å². The third-order valence-electron chi connectivity index (χ3n) is 3.08. The molecule has 0 N–H and O–H groups in total. The first-order chi connectivity index (χ1) is 10.3. The lowest BCUT2D eigenvalue weighted by atomic mass is 10.1. The molecule has 0 aliphatic carbocycles. The molecule has 0 saturated carbocycles. The van der Waals surface area contributed by atoms with E-state index in [1.165, 1.54) is 12.1 Å². The lowest BCUT2D eigenvalue weighted by Crippen LogP contribution is -1.98. The van der Waals surface area contributed by atoms with E-state index in [9.17, 15) is 4.79 Å². The van der Waals surface area contributed by atoms with E-state index in [0.29, 0.717) is 11.5 Å². The smallest absolute Gasteiger partial charge is 0.186 e. The summed E-state index contributed by atoms with van der Waals surface area (Å²) < 4.78 is 5.78. The molecule has 3 aromatic rings. The molecule has 0 aliphatic rings. The van der Waals surface area contributed by atoms with Crippen LogP contribution >= 0.6 is 0 Å². The quantitative estimate of drug-likeness (QED) is 0.705. The van der Waals surface area contributed by atoms with Gasteiger partial charge in [-0.2, -0.15) is 0 Å². The summed E-state index contributed by atoms with van der Waals surface area (Å²) >= 11 is 0. The van der Waals surface area contributed by atoms with Crippen LogP contribution in [0.4, 0.5) is 0 Å². The zero-order valence-electron chi connectivity index (χ0n) is 11.4. The molecule has 0 unspecified atom stereocenters. The van der Waals surface area contributed by atoms with Crippen LogP contribution in [0, 0.1) is 0 Å². The van der Waals surface area contributed by atoms with Crippen LogP contribution in [0.2, 0.25) is 0 Å². The highest BCUT2D eigenvalue weighted by atomic mass is 16.3. The van der Waals surface area contributed by atoms with Gasteiger partial charge >= 0.3 is 0 Å². The number of rotatable bonds is 3. The summed E-state index contributed by atoms with van der Waals surface area (Å²) in [5, 5.41) is 0. The molecule has 0 fully saturated rings. The van der Waals surface area contributed by atoms with E-state index in [4.69, 9.17) is 4.42 Å². The molecule has 0 saturated heterocycles. The average Bonchev–Trinajstić information content (AvgIpc) is 2.54. The molecule has 0 spiro atoms. The van der Waals surface area contributed by atoms with Gasteiger partial charge in [0, 0.05) is 17.7 Å². The van der Waals surface area contributed by atoms with Gasteiger partial charge < -0.3 is 4.42 Å². The summed E-state index contributed by atoms with van der Waals surface area (Å²) in [6, 6.07) is 22.5. The lowest BCUT2D eigenvalue weighted by Gasteiger charge is -2.01. The second kappa shape index (κ2) is 6.06. The molecular weight excluding hydrogens is 260 g/mol. The van der Waals surface area contributed by atoms with Crippen molar-refractivity contribution >= 4 is 12.2 Å². The zero-order chi connectivity index (χ0) is 14.5. The van der Waals surface area contributed by atoms with Gasteiger partial charge in [0.05, 0.1) is 0 Å². The molecule has 102 valence electrons. The normalized spacial score (nSPS) is 10.9. The van der Waals surface area contributed by atoms with Gasteiger partial charge in [0.15, 0.2) is 5.43 Å². The van der Waals surface area contributed by atoms with Gasteiger partial charge in [-0.15, -0.1) is 0 Å². The highest BCUT2D eigenvalue weighted by Gasteiger charge is 2.02. The van der Waals surface area contributed by atoms with E-state index in [2.05, 4.69) is 0 Å². The standard InChI is InChI=1S/C19H14O2/c20-17-13-18(12-11-15-7-3-1-4-8-15)21-19(14-17)16-9-5-2-6-10-16/h1-14H. The van der Waals surface area contributed by atoms with Gasteiger partial charge in [0.1, 0.15) is 11.5 Å². The third kappa shape index (κ3) is 3.37. The number of hydrogen-bond acceptors (Lipinski definition) is 2. The summed E-state index contributed by atoms with van der Waals surface area (Å²) in [6.07, 6.45) is 3.73. The van der Waals surface area contributed by atoms with E-state index in [-0.39, 0.29) is 5.43 Å². The number of hydrogen-bond donors (Lipinski definition) is 0. The van der Waals surface area contributed by atoms with E-state index < -0.39 is 0 Å². The fourth-order valence-corrected chi connectivity index (χ4v) is 2.07. The van der Waals surface area contributed by atoms with Gasteiger partial charge in [0.25, 0.3) is 0 Å². The molecule has 2 heteroatoms. The first-order valence-corrected chi connectivity index (χ1v) is 6.75. The van der Waals surface area contributed by atoms with Gasteiger partial charge in [-0.1, -0.05) is 66.7 Å². The van der Waals surface area contributed by atoms with Crippen molar-refractivity contribution in [3.63, 3.8) is 0 Å². The molecule has 0 amide bonds. The summed E-state index contributed by atoms with van der Waals surface area (Å²) in [7, 11) is 0. The SMILES string of the molecule is O=c1cc(C=Cc2ccccc2)oc(-c2ccccc2)c1. The largest absolute Gasteiger partial charge is 0.456 e. The molecule has 21 heavy (non-hydrogen) atoms. The van der Waals surface area contributed by atoms with Crippen molar-refractivity contribution in [3.05, 3.63) is 94.3 Å². The Morgan fingerprint density at radius 3 is 2.14 bits per heavy atom. The zero-order valence-corrected chi connectivity index (χ0v) is 11.4. The maximum Gasteiger partial charge on any atom is 0.186 e. The molecule has 0 atom stereocenters. The Bertz CT molecular complexity index is 800. The molecule has 1 aromatic heterocycles. The molecule has 0 radical (unpaired) electrons. The van der Waals surface area contributed by atoms with Crippen molar-refractivity contribution in [2.45, 2.75) is 0 Å². The molecule has 1 heterocycles. The summed E-state index contributed by atoms with van der Waals surface area (Å²) in [6.45, 7) is 0. The maximum atomic E-state index is 11.8. The Labute approximate surface area is 123 Å². The Hall–Kier alpha value is -2.87. The fourth-order valence-electron chi connectivity index (χ4n) is 2.07. The predicted octanol–water partition coefficient (Wildman–Crippen LogP) is 4.48. The Kier molecular flexibility index (Phi) is 3.79. The maximum absolute atomic E-state index is 11.8. The van der Waals surface area contributed by atoms with Gasteiger partial charge in [0.2, 0.25) is 0 Å². The third-order valence-corrected chi connectivity index (χ3v) is 3.08. The Morgan fingerprint density at radius 2 is 1.43 bits per heavy atom. The molecule has 0 aliphatic heterocycles. The molecule has 2 nitrogen and oxygen atoms in total. The van der Waals surface area contributed by atoms with Gasteiger partial charge in [-0.05, 0) is 11.6 Å². The van der Waals surface area contributed by atoms with E-state index >= 15 is 0 Å². The minimum Gasteiger partial charge on any atom is -0.456 e. The first-order valence-electron chi connectivity index (χ1n) is 6.75. The van der Waals surface area contributed by atoms with Crippen molar-refractivity contribution < 1.29 is 4.42 Å². The Morgan fingerprint density at radius 1 is 0.762 bits per heavy atom. The average molecular weight is 274 g/mol. The van der Waals surface area contributed by atoms with E-state index in [1.54, 1.807) is 0 Å². The van der Waals surface area contributed by atoms with Crippen LogP contribution in [0.1, 0.15) is 11.3 Å². The molecular formula is C19H14O2. The van der Waals surface area contributed by atoms with Crippen molar-refractivity contribution in [1.29, 1.82) is 0 Å². The van der Waals surface area contributed by atoms with Crippen molar-refractivity contribution in [3.8, 4) is 11.3 Å². The highest BCUT2D eigenvalue weighted by molar-refractivity contribution is 5.68. The van der Waals surface area contributed by atoms with Gasteiger partial charge in [-0.3, -0.25) is 4.79 Å². The molecule has 3 rings (SSSR count). The van der Waals surface area contributed by atoms with Crippen LogP contribution in [-0.2, 0) is 0 Å². The molecule has 2 aromatic carbocycles. The minimum atomic E-state index is -0.0622. The molecule has 0 bridgehead atoms. The van der Waals surface area contributed by atoms with Crippen molar-refractivity contribution in [1.82, 2.24) is 0 Å². The second-order valence-corrected chi connectivity index (χ2v) is 4.67. The predicted molar refractivity (Wildman–Crippen MR) is 85.8 cm³/mol. The first kappa shape index (κ1) is 13.1. The van der Waals surface area contributed by atoms with E-state index in [1.807, 2.05) is 72.8 Å². The number of benzene rings is 2. The van der Waals surface area contributed by atoms with Crippen molar-refractivity contribution in [2.24, 2.45) is 0 Å². The topological polar surface area (TPSA) is 30.2 Å². The van der Waals surface area contributed by atoms with Crippen molar-refractivity contribution in [2.75, 3.05) is 0 Å². The summed E-state index contributed by atoms with van der Waals surface area (Å²) in [5.41, 5.74) is 1.89. The second-order valence-electron chi connectivity index (χ2n) is 4.67. The van der Waals surface area contributed by atoms with E-state index in [0.717, 1.165) is 11.1 Å². The van der Waals surface area contributed by atoms with Crippen LogP contribution < -0.4 is 5.43 Å². The van der Waals surface area contributed by atoms with Crippen LogP contribution in [-0.4, -0.2) is 0 Å². The Balaban J connectivity index is 1.95. The highest BCUT2D eigenvalue weighted by Crippen LogP contribution is 2.19. The van der Waals surface area contributed by atoms with Crippen LogP contribution in [0.3, 0.4) is 0 Å². The van der Waals surface area contributed by atoms with Gasteiger partial charge in [-0.25, -0.2) is 0 Å². The summed E-state index contributed by atoms with van der Waals surface area (Å²) in [5.74, 6) is 1.13. The minimum absolute atomic E-state index is 0.0622. The van der Waals surface area contributed by atoms with Crippen LogP contribution in [0.25, 0.3) is 23.5 Å². The monoisotopic (exact) mass is 274 g/mol. The fraction of sp³-hybridized carbons (Fsp3) is 0. The lowest BCUT2D eigenvalue weighted by molar-refractivity contribution is 0.554.